The van der Waals surface area contributed by atoms with Crippen LogP contribution in [-0.4, -0.2) is 19.3 Å². The highest BCUT2D eigenvalue weighted by atomic mass is 19.4. The average Bonchev–Trinajstić information content (AvgIpc) is 2.15. The fourth-order valence-electron chi connectivity index (χ4n) is 1.00. The third-order valence-electron chi connectivity index (χ3n) is 1.72. The molecule has 0 unspecified atom stereocenters. The monoisotopic (exact) mass is 204 g/mol. The van der Waals surface area contributed by atoms with Crippen molar-refractivity contribution in [3.05, 3.63) is 29.8 Å². The van der Waals surface area contributed by atoms with Crippen LogP contribution in [0.25, 0.3) is 0 Å². The van der Waals surface area contributed by atoms with Gasteiger partial charge in [-0.15, -0.1) is 0 Å². The number of hydrogen-bond acceptors (Lipinski definition) is 2. The lowest BCUT2D eigenvalue weighted by molar-refractivity contribution is -0.137. The molecule has 14 heavy (non-hydrogen) atoms. The van der Waals surface area contributed by atoms with E-state index in [0.29, 0.717) is 0 Å². The van der Waals surface area contributed by atoms with Gasteiger partial charge in [0.05, 0.1) is 5.56 Å². The number of halogens is 3. The molecule has 1 aromatic rings. The Morgan fingerprint density at radius 1 is 1.36 bits per heavy atom. The van der Waals surface area contributed by atoms with E-state index < -0.39 is 18.9 Å². The van der Waals surface area contributed by atoms with Gasteiger partial charge in [-0.05, 0) is 5.46 Å². The first-order valence-corrected chi connectivity index (χ1v) is 3.83. The summed E-state index contributed by atoms with van der Waals surface area (Å²) in [6.07, 6.45) is -4.40. The molecule has 1 rings (SSSR count). The molecule has 0 aliphatic rings. The molecule has 0 radical (unpaired) electrons. The van der Waals surface area contributed by atoms with Crippen LogP contribution in [0.2, 0.25) is 0 Å². The van der Waals surface area contributed by atoms with E-state index in [9.17, 15) is 13.2 Å². The van der Waals surface area contributed by atoms with Gasteiger partial charge in [0.15, 0.2) is 0 Å². The smallest absolute Gasteiger partial charge is 0.423 e. The van der Waals surface area contributed by atoms with Crippen LogP contribution in [0.4, 0.5) is 13.2 Å². The summed E-state index contributed by atoms with van der Waals surface area (Å²) in [7, 11) is -0.109. The average molecular weight is 204 g/mol. The fraction of sp³-hybridized carbons (Fsp3) is 0.250. The van der Waals surface area contributed by atoms with Gasteiger partial charge in [0.2, 0.25) is 0 Å². The minimum atomic E-state index is -4.40. The maximum absolute atomic E-state index is 12.2. The van der Waals surface area contributed by atoms with Crippen molar-refractivity contribution < 1.29 is 22.8 Å². The standard InChI is InChI=1S/C8H8BF3O2/c1-14-9(13)7-4-2-3-6(5-7)8(10,11)12/h2-5,13H,1H3. The van der Waals surface area contributed by atoms with Gasteiger partial charge in [0.25, 0.3) is 0 Å². The molecule has 0 aromatic heterocycles. The lowest BCUT2D eigenvalue weighted by Crippen LogP contribution is -2.33. The molecule has 0 saturated heterocycles. The number of benzene rings is 1. The van der Waals surface area contributed by atoms with Crippen molar-refractivity contribution in [2.45, 2.75) is 6.18 Å². The Morgan fingerprint density at radius 3 is 2.50 bits per heavy atom. The zero-order chi connectivity index (χ0) is 10.8. The van der Waals surface area contributed by atoms with Crippen molar-refractivity contribution in [3.63, 3.8) is 0 Å². The highest BCUT2D eigenvalue weighted by Crippen LogP contribution is 2.28. The van der Waals surface area contributed by atoms with Crippen molar-refractivity contribution in [3.8, 4) is 0 Å². The summed E-state index contributed by atoms with van der Waals surface area (Å²) in [5.74, 6) is 0. The van der Waals surface area contributed by atoms with Crippen LogP contribution in [0, 0.1) is 0 Å². The van der Waals surface area contributed by atoms with Crippen molar-refractivity contribution in [1.29, 1.82) is 0 Å². The first-order valence-electron chi connectivity index (χ1n) is 3.83. The Labute approximate surface area is 79.5 Å². The third-order valence-corrected chi connectivity index (χ3v) is 1.72. The second-order valence-electron chi connectivity index (χ2n) is 2.71. The van der Waals surface area contributed by atoms with Crippen molar-refractivity contribution in [2.24, 2.45) is 0 Å². The second-order valence-corrected chi connectivity index (χ2v) is 2.71. The topological polar surface area (TPSA) is 29.5 Å². The first-order chi connectivity index (χ1) is 6.45. The summed E-state index contributed by atoms with van der Waals surface area (Å²) < 4.78 is 41.1. The van der Waals surface area contributed by atoms with Gasteiger partial charge in [0.1, 0.15) is 0 Å². The van der Waals surface area contributed by atoms with Crippen LogP contribution >= 0.6 is 0 Å². The molecule has 0 fully saturated rings. The van der Waals surface area contributed by atoms with E-state index in [1.54, 1.807) is 0 Å². The molecule has 0 spiro atoms. The highest BCUT2D eigenvalue weighted by Gasteiger charge is 2.31. The molecule has 76 valence electrons. The molecular weight excluding hydrogens is 196 g/mol. The van der Waals surface area contributed by atoms with E-state index in [1.807, 2.05) is 0 Å². The van der Waals surface area contributed by atoms with E-state index in [0.717, 1.165) is 12.1 Å². The molecular formula is C8H8BF3O2. The molecule has 0 saturated carbocycles. The molecule has 2 nitrogen and oxygen atoms in total. The van der Waals surface area contributed by atoms with Crippen molar-refractivity contribution >= 4 is 12.6 Å². The number of alkyl halides is 3. The number of rotatable bonds is 2. The Kier molecular flexibility index (Phi) is 3.18. The first kappa shape index (κ1) is 11.1. The zero-order valence-electron chi connectivity index (χ0n) is 7.38. The number of hydrogen-bond donors (Lipinski definition) is 1. The van der Waals surface area contributed by atoms with Crippen LogP contribution < -0.4 is 5.46 Å². The molecule has 0 aliphatic carbocycles. The van der Waals surface area contributed by atoms with E-state index in [1.165, 1.54) is 19.2 Å². The Balaban J connectivity index is 3.01. The summed E-state index contributed by atoms with van der Waals surface area (Å²) in [6, 6.07) is 4.38. The van der Waals surface area contributed by atoms with Crippen LogP contribution in [0.3, 0.4) is 0 Å². The summed E-state index contributed by atoms with van der Waals surface area (Å²) >= 11 is 0. The normalized spacial score (nSPS) is 11.5. The van der Waals surface area contributed by atoms with Gasteiger partial charge in [-0.2, -0.15) is 13.2 Å². The molecule has 0 bridgehead atoms. The fourth-order valence-corrected chi connectivity index (χ4v) is 1.00. The summed E-state index contributed by atoms with van der Waals surface area (Å²) in [5, 5.41) is 9.13. The van der Waals surface area contributed by atoms with Crippen LogP contribution in [0.5, 0.6) is 0 Å². The van der Waals surface area contributed by atoms with Gasteiger partial charge in [-0.1, -0.05) is 24.3 Å². The maximum Gasteiger partial charge on any atom is 0.490 e. The van der Waals surface area contributed by atoms with Gasteiger partial charge in [0, 0.05) is 7.11 Å². The molecule has 0 heterocycles. The minimum absolute atomic E-state index is 0.0855. The summed E-state index contributed by atoms with van der Waals surface area (Å²) in [5.41, 5.74) is -0.714. The zero-order valence-corrected chi connectivity index (χ0v) is 7.38. The molecule has 0 atom stereocenters. The van der Waals surface area contributed by atoms with Crippen LogP contribution in [-0.2, 0) is 10.8 Å². The van der Waals surface area contributed by atoms with E-state index in [4.69, 9.17) is 5.02 Å². The van der Waals surface area contributed by atoms with E-state index in [-0.39, 0.29) is 5.46 Å². The molecule has 1 aromatic carbocycles. The largest absolute Gasteiger partial charge is 0.490 e. The van der Waals surface area contributed by atoms with Gasteiger partial charge < -0.3 is 9.68 Å². The highest BCUT2D eigenvalue weighted by molar-refractivity contribution is 6.59. The lowest BCUT2D eigenvalue weighted by atomic mass is 9.79. The predicted molar refractivity (Wildman–Crippen MR) is 46.1 cm³/mol. The maximum atomic E-state index is 12.2. The lowest BCUT2D eigenvalue weighted by Gasteiger charge is -2.09. The van der Waals surface area contributed by atoms with Crippen LogP contribution in [0.15, 0.2) is 24.3 Å². The summed E-state index contributed by atoms with van der Waals surface area (Å²) in [4.78, 5) is 0. The quantitative estimate of drug-likeness (QED) is 0.729. The van der Waals surface area contributed by atoms with Crippen molar-refractivity contribution in [2.75, 3.05) is 7.11 Å². The minimum Gasteiger partial charge on any atom is -0.423 e. The SMILES string of the molecule is COB(O)c1cccc(C(F)(F)F)c1. The Morgan fingerprint density at radius 2 is 2.00 bits per heavy atom. The Hall–Kier alpha value is -1.01. The molecule has 6 heteroatoms. The van der Waals surface area contributed by atoms with Gasteiger partial charge in [-0.25, -0.2) is 0 Å². The van der Waals surface area contributed by atoms with E-state index in [2.05, 4.69) is 4.65 Å². The van der Waals surface area contributed by atoms with Gasteiger partial charge in [-0.3, -0.25) is 0 Å². The third kappa shape index (κ3) is 2.49. The van der Waals surface area contributed by atoms with E-state index >= 15 is 0 Å². The molecule has 0 aliphatic heterocycles. The second kappa shape index (κ2) is 4.02. The Bertz CT molecular complexity index is 314. The predicted octanol–water partition coefficient (Wildman–Crippen LogP) is 1.04. The molecule has 1 N–H and O–H groups in total. The van der Waals surface area contributed by atoms with Gasteiger partial charge >= 0.3 is 13.3 Å². The van der Waals surface area contributed by atoms with Crippen molar-refractivity contribution in [1.82, 2.24) is 0 Å². The molecule has 0 amide bonds. The summed E-state index contributed by atoms with van der Waals surface area (Å²) in [6.45, 7) is 0. The van der Waals surface area contributed by atoms with Crippen LogP contribution in [0.1, 0.15) is 5.56 Å².